The Hall–Kier alpha value is -5.01. The summed E-state index contributed by atoms with van der Waals surface area (Å²) in [5, 5.41) is 0. The van der Waals surface area contributed by atoms with Crippen LogP contribution in [0.15, 0.2) is 0 Å². The van der Waals surface area contributed by atoms with Crippen molar-refractivity contribution in [3.63, 3.8) is 0 Å². The molecule has 60 heavy (non-hydrogen) atoms. The van der Waals surface area contributed by atoms with Crippen LogP contribution in [0.2, 0.25) is 0 Å². The van der Waals surface area contributed by atoms with Crippen LogP contribution in [0, 0.1) is 0 Å². The SMILES string of the molecule is CC(=O)OC[C@H]1O[C@H](O[C@H]2[C@H](OC(C)=O)[C@@H](OC(C)=O)[C@@H](O[C@H]3[C@H](OC(C)=O)[C@@H](OC(C)=O)[C@@H]4OC[C@H]3O4)O[C@@H]2COC(C)=O)[C@H](OC(C)=O)[C@@H](OC(C)=O)[C@@H]1OC(C)=O. The molecule has 24 heteroatoms. The van der Waals surface area contributed by atoms with Crippen molar-refractivity contribution in [3.8, 4) is 0 Å². The molecule has 4 aliphatic rings. The predicted molar refractivity (Wildman–Crippen MR) is 184 cm³/mol. The number of fused-ring (bicyclic) bond motifs is 2. The zero-order valence-corrected chi connectivity index (χ0v) is 34.1. The van der Waals surface area contributed by atoms with E-state index in [0.717, 1.165) is 62.3 Å². The Morgan fingerprint density at radius 2 is 0.717 bits per heavy atom. The number of carbonyl (C=O) groups is 9. The third kappa shape index (κ3) is 12.7. The van der Waals surface area contributed by atoms with Gasteiger partial charge in [-0.15, -0.1) is 0 Å². The molecule has 0 amide bonds. The molecule has 0 N–H and O–H groups in total. The minimum absolute atomic E-state index is 0.172. The molecule has 0 radical (unpaired) electrons. The maximum Gasteiger partial charge on any atom is 0.303 e. The van der Waals surface area contributed by atoms with Gasteiger partial charge in [-0.2, -0.15) is 0 Å². The highest BCUT2D eigenvalue weighted by Crippen LogP contribution is 2.39. The zero-order valence-electron chi connectivity index (χ0n) is 34.1. The number of ether oxygens (including phenoxy) is 15. The molecule has 4 aliphatic heterocycles. The van der Waals surface area contributed by atoms with Crippen LogP contribution in [0.25, 0.3) is 0 Å². The van der Waals surface area contributed by atoms with Crippen LogP contribution in [-0.4, -0.2) is 166 Å². The number of carbonyl (C=O) groups excluding carboxylic acids is 9. The molecular weight excluding hydrogens is 816 g/mol. The molecule has 0 saturated carbocycles. The van der Waals surface area contributed by atoms with Gasteiger partial charge in [-0.1, -0.05) is 0 Å². The van der Waals surface area contributed by atoms with Gasteiger partial charge < -0.3 is 71.1 Å². The van der Waals surface area contributed by atoms with Crippen LogP contribution in [0.1, 0.15) is 62.3 Å². The summed E-state index contributed by atoms with van der Waals surface area (Å²) in [5.74, 6) is -8.03. The number of esters is 9. The molecule has 0 aromatic rings. The van der Waals surface area contributed by atoms with Crippen LogP contribution < -0.4 is 0 Å². The van der Waals surface area contributed by atoms with Crippen LogP contribution in [-0.2, 0) is 114 Å². The van der Waals surface area contributed by atoms with Crippen LogP contribution in [0.4, 0.5) is 0 Å². The first-order chi connectivity index (χ1) is 28.1. The van der Waals surface area contributed by atoms with Gasteiger partial charge in [0.2, 0.25) is 0 Å². The third-order valence-electron chi connectivity index (χ3n) is 8.80. The van der Waals surface area contributed by atoms with Crippen LogP contribution >= 0.6 is 0 Å². The molecule has 336 valence electrons. The average molecular weight is 865 g/mol. The average Bonchev–Trinajstić information content (AvgIpc) is 3.55. The van der Waals surface area contributed by atoms with Gasteiger partial charge >= 0.3 is 53.7 Å². The summed E-state index contributed by atoms with van der Waals surface area (Å²) in [5.41, 5.74) is 0. The minimum atomic E-state index is -1.91. The lowest BCUT2D eigenvalue weighted by molar-refractivity contribution is -0.372. The van der Waals surface area contributed by atoms with Crippen molar-refractivity contribution < 1.29 is 114 Å². The second kappa shape index (κ2) is 21.0. The monoisotopic (exact) mass is 864 g/mol. The molecule has 0 unspecified atom stereocenters. The van der Waals surface area contributed by atoms with Crippen LogP contribution in [0.5, 0.6) is 0 Å². The number of hydrogen-bond donors (Lipinski definition) is 0. The Morgan fingerprint density at radius 1 is 0.383 bits per heavy atom. The number of hydrogen-bond acceptors (Lipinski definition) is 24. The van der Waals surface area contributed by atoms with Gasteiger partial charge in [0.15, 0.2) is 61.6 Å². The maximum absolute atomic E-state index is 12.8. The minimum Gasteiger partial charge on any atom is -0.463 e. The standard InChI is InChI=1S/C36H48O24/c1-13(37)46-10-22-25(49-15(3)39)28(50-16(4)40)32(54-20(8)44)35(57-22)59-26-23(11-47-14(2)38)58-36(33(55-21(9)45)30(26)52-18(6)42)60-27-24-12-48-34(56-24)31(53-19(7)43)29(27)51-17(5)41/h22-36H,10-12H2,1-9H3/t22-,23-,24-,25-,26-,27-,28+,29+,30+,31-,32-,33-,34-,35-,36-/m1/s1. The van der Waals surface area contributed by atoms with E-state index in [1.165, 1.54) is 0 Å². The van der Waals surface area contributed by atoms with E-state index in [1.807, 2.05) is 0 Å². The fraction of sp³-hybridized carbons (Fsp3) is 0.750. The Kier molecular flexibility index (Phi) is 16.7. The molecule has 4 rings (SSSR count). The normalized spacial score (nSPS) is 34.5. The van der Waals surface area contributed by atoms with E-state index in [2.05, 4.69) is 0 Å². The Morgan fingerprint density at radius 3 is 1.13 bits per heavy atom. The quantitative estimate of drug-likeness (QED) is 0.135. The van der Waals surface area contributed by atoms with Gasteiger partial charge in [0.25, 0.3) is 0 Å². The lowest BCUT2D eigenvalue weighted by Gasteiger charge is -2.49. The highest BCUT2D eigenvalue weighted by Gasteiger charge is 2.61. The van der Waals surface area contributed by atoms with E-state index in [4.69, 9.17) is 71.1 Å². The van der Waals surface area contributed by atoms with Crippen molar-refractivity contribution in [1.29, 1.82) is 0 Å². The van der Waals surface area contributed by atoms with Crippen molar-refractivity contribution >= 4 is 53.7 Å². The molecule has 15 atom stereocenters. The Balaban J connectivity index is 1.84. The van der Waals surface area contributed by atoms with E-state index in [9.17, 15) is 43.2 Å². The Labute approximate surface area is 342 Å². The highest BCUT2D eigenvalue weighted by molar-refractivity contribution is 5.70. The van der Waals surface area contributed by atoms with Gasteiger partial charge in [-0.05, 0) is 0 Å². The summed E-state index contributed by atoms with van der Waals surface area (Å²) < 4.78 is 85.6. The first-order valence-electron chi connectivity index (χ1n) is 18.5. The topological polar surface area (TPSA) is 292 Å². The molecule has 4 saturated heterocycles. The second-order valence-electron chi connectivity index (χ2n) is 13.8. The molecule has 4 fully saturated rings. The summed E-state index contributed by atoms with van der Waals surface area (Å²) in [6, 6.07) is 0. The third-order valence-corrected chi connectivity index (χ3v) is 8.80. The fourth-order valence-corrected chi connectivity index (χ4v) is 6.88. The zero-order chi connectivity index (χ0) is 44.6. The molecular formula is C36H48O24. The van der Waals surface area contributed by atoms with Gasteiger partial charge in [0.05, 0.1) is 6.61 Å². The van der Waals surface area contributed by atoms with E-state index >= 15 is 0 Å². The van der Waals surface area contributed by atoms with E-state index in [0.29, 0.717) is 0 Å². The lowest BCUT2D eigenvalue weighted by Crippen LogP contribution is -2.68. The second-order valence-corrected chi connectivity index (χ2v) is 13.8. The van der Waals surface area contributed by atoms with Gasteiger partial charge in [-0.25, -0.2) is 0 Å². The van der Waals surface area contributed by atoms with Gasteiger partial charge in [0.1, 0.15) is 43.7 Å². The van der Waals surface area contributed by atoms with Gasteiger partial charge in [-0.3, -0.25) is 43.2 Å². The molecule has 4 heterocycles. The summed E-state index contributed by atoms with van der Waals surface area (Å²) in [4.78, 5) is 111. The first-order valence-corrected chi connectivity index (χ1v) is 18.5. The molecule has 2 bridgehead atoms. The first kappa shape index (κ1) is 47.7. The van der Waals surface area contributed by atoms with Gasteiger partial charge in [0, 0.05) is 62.3 Å². The highest BCUT2D eigenvalue weighted by atomic mass is 16.8. The smallest absolute Gasteiger partial charge is 0.303 e. The summed E-state index contributed by atoms with van der Waals surface area (Å²) in [6.07, 6.45) is -23.6. The molecule has 0 aromatic heterocycles. The largest absolute Gasteiger partial charge is 0.463 e. The lowest BCUT2D eigenvalue weighted by atomic mass is 9.95. The van der Waals surface area contributed by atoms with Crippen molar-refractivity contribution in [2.45, 2.75) is 154 Å². The number of rotatable bonds is 15. The Bertz CT molecular complexity index is 1630. The van der Waals surface area contributed by atoms with Crippen LogP contribution in [0.3, 0.4) is 0 Å². The van der Waals surface area contributed by atoms with E-state index < -0.39 is 159 Å². The van der Waals surface area contributed by atoms with E-state index in [1.54, 1.807) is 0 Å². The maximum atomic E-state index is 12.8. The molecule has 24 nitrogen and oxygen atoms in total. The fourth-order valence-electron chi connectivity index (χ4n) is 6.88. The molecule has 0 aromatic carbocycles. The summed E-state index contributed by atoms with van der Waals surface area (Å²) in [7, 11) is 0. The van der Waals surface area contributed by atoms with Crippen molar-refractivity contribution in [1.82, 2.24) is 0 Å². The molecule has 0 spiro atoms. The predicted octanol–water partition coefficient (Wildman–Crippen LogP) is -1.39. The summed E-state index contributed by atoms with van der Waals surface area (Å²) in [6.45, 7) is 7.81. The van der Waals surface area contributed by atoms with Crippen molar-refractivity contribution in [3.05, 3.63) is 0 Å². The van der Waals surface area contributed by atoms with Crippen molar-refractivity contribution in [2.75, 3.05) is 19.8 Å². The summed E-state index contributed by atoms with van der Waals surface area (Å²) >= 11 is 0. The molecule has 0 aliphatic carbocycles. The van der Waals surface area contributed by atoms with Crippen molar-refractivity contribution in [2.24, 2.45) is 0 Å². The van der Waals surface area contributed by atoms with E-state index in [-0.39, 0.29) is 6.61 Å².